The highest BCUT2D eigenvalue weighted by Crippen LogP contribution is 2.36. The van der Waals surface area contributed by atoms with Crippen molar-refractivity contribution in [1.29, 1.82) is 0 Å². The minimum absolute atomic E-state index is 0.00501. The molecule has 0 aliphatic rings. The van der Waals surface area contributed by atoms with Crippen LogP contribution in [0, 0.1) is 5.82 Å². The molecular formula is C22H25FO6. The van der Waals surface area contributed by atoms with E-state index in [1.54, 1.807) is 51.5 Å². The number of halogens is 1. The van der Waals surface area contributed by atoms with Gasteiger partial charge < -0.3 is 23.7 Å². The van der Waals surface area contributed by atoms with Gasteiger partial charge in [0.15, 0.2) is 11.5 Å². The number of hydrogen-bond donors (Lipinski definition) is 0. The highest BCUT2D eigenvalue weighted by atomic mass is 19.1. The lowest BCUT2D eigenvalue weighted by Gasteiger charge is -2.15. The molecule has 6 nitrogen and oxygen atoms in total. The first kappa shape index (κ1) is 22.2. The average molecular weight is 404 g/mol. The standard InChI is InChI=1S/C22H25FO6/c1-15(2)22(24)29-12-11-28-21-14-19(23)18(13-20(21)27-10-9-25-3)16-5-7-17(26-4)8-6-16/h5-8,13-14H,1,9-12H2,2-4H3. The van der Waals surface area contributed by atoms with Crippen LogP contribution >= 0.6 is 0 Å². The molecule has 0 fully saturated rings. The zero-order valence-electron chi connectivity index (χ0n) is 16.8. The Labute approximate surface area is 169 Å². The molecule has 0 atom stereocenters. The molecule has 0 spiro atoms. The van der Waals surface area contributed by atoms with E-state index in [0.29, 0.717) is 34.8 Å². The van der Waals surface area contributed by atoms with Gasteiger partial charge in [0.2, 0.25) is 0 Å². The predicted molar refractivity (Wildman–Crippen MR) is 107 cm³/mol. The lowest BCUT2D eigenvalue weighted by Crippen LogP contribution is -2.13. The number of benzene rings is 2. The summed E-state index contributed by atoms with van der Waals surface area (Å²) in [5, 5.41) is 0. The number of methoxy groups -OCH3 is 2. The number of hydrogen-bond acceptors (Lipinski definition) is 6. The van der Waals surface area contributed by atoms with Crippen molar-refractivity contribution in [3.63, 3.8) is 0 Å². The number of rotatable bonds is 11. The van der Waals surface area contributed by atoms with E-state index in [4.69, 9.17) is 23.7 Å². The largest absolute Gasteiger partial charge is 0.497 e. The molecule has 0 aliphatic heterocycles. The third-order valence-corrected chi connectivity index (χ3v) is 3.90. The van der Waals surface area contributed by atoms with Gasteiger partial charge in [-0.05, 0) is 30.7 Å². The molecule has 0 saturated heterocycles. The van der Waals surface area contributed by atoms with Crippen molar-refractivity contribution in [3.05, 3.63) is 54.4 Å². The highest BCUT2D eigenvalue weighted by Gasteiger charge is 2.15. The molecule has 0 radical (unpaired) electrons. The molecule has 7 heteroatoms. The SMILES string of the molecule is C=C(C)C(=O)OCCOc1cc(F)c(-c2ccc(OC)cc2)cc1OCCOC. The smallest absolute Gasteiger partial charge is 0.333 e. The van der Waals surface area contributed by atoms with Gasteiger partial charge in [0.25, 0.3) is 0 Å². The van der Waals surface area contributed by atoms with Crippen LogP contribution in [0.25, 0.3) is 11.1 Å². The van der Waals surface area contributed by atoms with E-state index in [2.05, 4.69) is 6.58 Å². The van der Waals surface area contributed by atoms with Crippen molar-refractivity contribution in [1.82, 2.24) is 0 Å². The summed E-state index contributed by atoms with van der Waals surface area (Å²) in [7, 11) is 3.13. The van der Waals surface area contributed by atoms with Crippen molar-refractivity contribution < 1.29 is 32.9 Å². The maximum absolute atomic E-state index is 14.7. The summed E-state index contributed by atoms with van der Waals surface area (Å²) in [5.41, 5.74) is 1.33. The summed E-state index contributed by atoms with van der Waals surface area (Å²) in [5.74, 6) is 0.270. The molecule has 0 heterocycles. The van der Waals surface area contributed by atoms with Crippen LogP contribution in [0.4, 0.5) is 4.39 Å². The topological polar surface area (TPSA) is 63.2 Å². The zero-order valence-corrected chi connectivity index (χ0v) is 16.8. The Morgan fingerprint density at radius 3 is 2.17 bits per heavy atom. The number of ether oxygens (including phenoxy) is 5. The Morgan fingerprint density at radius 1 is 0.966 bits per heavy atom. The molecule has 0 saturated carbocycles. The van der Waals surface area contributed by atoms with Crippen LogP contribution in [0.1, 0.15) is 6.92 Å². The van der Waals surface area contributed by atoms with E-state index in [-0.39, 0.29) is 25.6 Å². The Kier molecular flexibility index (Phi) is 8.48. The number of carbonyl (C=O) groups excluding carboxylic acids is 1. The molecule has 2 aromatic carbocycles. The van der Waals surface area contributed by atoms with Gasteiger partial charge in [0.1, 0.15) is 31.4 Å². The second kappa shape index (κ2) is 11.1. The fourth-order valence-corrected chi connectivity index (χ4v) is 2.40. The molecular weight excluding hydrogens is 379 g/mol. The summed E-state index contributed by atoms with van der Waals surface area (Å²) in [6, 6.07) is 9.84. The van der Waals surface area contributed by atoms with Gasteiger partial charge >= 0.3 is 5.97 Å². The lowest BCUT2D eigenvalue weighted by molar-refractivity contribution is -0.139. The molecule has 0 aromatic heterocycles. The summed E-state index contributed by atoms with van der Waals surface area (Å²) in [6.07, 6.45) is 0. The average Bonchev–Trinajstić information content (AvgIpc) is 2.72. The minimum atomic E-state index is -0.508. The van der Waals surface area contributed by atoms with Crippen molar-refractivity contribution >= 4 is 5.97 Å². The lowest BCUT2D eigenvalue weighted by atomic mass is 10.0. The van der Waals surface area contributed by atoms with E-state index >= 15 is 0 Å². The first-order chi connectivity index (χ1) is 14.0. The molecule has 0 amide bonds. The van der Waals surface area contributed by atoms with E-state index in [9.17, 15) is 9.18 Å². The molecule has 2 rings (SSSR count). The zero-order chi connectivity index (χ0) is 21.2. The molecule has 0 N–H and O–H groups in total. The highest BCUT2D eigenvalue weighted by molar-refractivity contribution is 5.86. The van der Waals surface area contributed by atoms with E-state index in [0.717, 1.165) is 0 Å². The van der Waals surface area contributed by atoms with Gasteiger partial charge in [-0.2, -0.15) is 0 Å². The Balaban J connectivity index is 2.19. The van der Waals surface area contributed by atoms with E-state index in [1.807, 2.05) is 0 Å². The molecule has 2 aromatic rings. The number of carbonyl (C=O) groups is 1. The van der Waals surface area contributed by atoms with Crippen molar-refractivity contribution in [3.8, 4) is 28.4 Å². The Morgan fingerprint density at radius 2 is 1.59 bits per heavy atom. The second-order valence-electron chi connectivity index (χ2n) is 6.11. The third kappa shape index (κ3) is 6.50. The fraction of sp³-hybridized carbons (Fsp3) is 0.318. The third-order valence-electron chi connectivity index (χ3n) is 3.90. The van der Waals surface area contributed by atoms with Gasteiger partial charge in [-0.1, -0.05) is 18.7 Å². The maximum Gasteiger partial charge on any atom is 0.333 e. The van der Waals surface area contributed by atoms with Gasteiger partial charge in [-0.3, -0.25) is 0 Å². The number of esters is 1. The Bertz CT molecular complexity index is 832. The van der Waals surface area contributed by atoms with Gasteiger partial charge in [0.05, 0.1) is 13.7 Å². The summed E-state index contributed by atoms with van der Waals surface area (Å²) in [6.45, 7) is 5.74. The van der Waals surface area contributed by atoms with Gasteiger partial charge in [0, 0.05) is 24.3 Å². The molecule has 0 bridgehead atoms. The van der Waals surface area contributed by atoms with Crippen LogP contribution in [-0.4, -0.2) is 46.6 Å². The first-order valence-corrected chi connectivity index (χ1v) is 9.01. The van der Waals surface area contributed by atoms with Crippen LogP contribution in [0.15, 0.2) is 48.6 Å². The van der Waals surface area contributed by atoms with Crippen LogP contribution in [0.5, 0.6) is 17.2 Å². The van der Waals surface area contributed by atoms with Crippen molar-refractivity contribution in [2.24, 2.45) is 0 Å². The molecule has 29 heavy (non-hydrogen) atoms. The van der Waals surface area contributed by atoms with Crippen molar-refractivity contribution in [2.45, 2.75) is 6.92 Å². The summed E-state index contributed by atoms with van der Waals surface area (Å²) < 4.78 is 41.1. The predicted octanol–water partition coefficient (Wildman–Crippen LogP) is 4.02. The summed E-state index contributed by atoms with van der Waals surface area (Å²) in [4.78, 5) is 11.4. The van der Waals surface area contributed by atoms with E-state index < -0.39 is 11.8 Å². The van der Waals surface area contributed by atoms with E-state index in [1.165, 1.54) is 6.07 Å². The second-order valence-corrected chi connectivity index (χ2v) is 6.11. The summed E-state index contributed by atoms with van der Waals surface area (Å²) >= 11 is 0. The maximum atomic E-state index is 14.7. The quantitative estimate of drug-likeness (QED) is 0.320. The van der Waals surface area contributed by atoms with Crippen LogP contribution in [-0.2, 0) is 14.3 Å². The molecule has 0 unspecified atom stereocenters. The fourth-order valence-electron chi connectivity index (χ4n) is 2.40. The molecule has 156 valence electrons. The van der Waals surface area contributed by atoms with Crippen molar-refractivity contribution in [2.75, 3.05) is 40.6 Å². The van der Waals surface area contributed by atoms with Gasteiger partial charge in [-0.25, -0.2) is 9.18 Å². The normalized spacial score (nSPS) is 10.3. The molecule has 0 aliphatic carbocycles. The van der Waals surface area contributed by atoms with Crippen LogP contribution < -0.4 is 14.2 Å². The van der Waals surface area contributed by atoms with Crippen LogP contribution in [0.2, 0.25) is 0 Å². The first-order valence-electron chi connectivity index (χ1n) is 9.01. The Hall–Kier alpha value is -3.06. The minimum Gasteiger partial charge on any atom is -0.497 e. The van der Waals surface area contributed by atoms with Crippen LogP contribution in [0.3, 0.4) is 0 Å². The van der Waals surface area contributed by atoms with Gasteiger partial charge in [-0.15, -0.1) is 0 Å². The monoisotopic (exact) mass is 404 g/mol.